The van der Waals surface area contributed by atoms with Gasteiger partial charge in [-0.25, -0.2) is 14.2 Å². The highest BCUT2D eigenvalue weighted by atomic mass is 16.5. The van der Waals surface area contributed by atoms with Crippen LogP contribution in [0.4, 0.5) is 0 Å². The first-order valence-corrected chi connectivity index (χ1v) is 10.9. The largest absolute Gasteiger partial charge is 0.465 e. The fourth-order valence-electron chi connectivity index (χ4n) is 4.30. The van der Waals surface area contributed by atoms with E-state index in [1.807, 2.05) is 0 Å². The van der Waals surface area contributed by atoms with Crippen molar-refractivity contribution in [3.63, 3.8) is 0 Å². The van der Waals surface area contributed by atoms with Crippen molar-refractivity contribution in [1.82, 2.24) is 9.13 Å². The zero-order valence-corrected chi connectivity index (χ0v) is 19.2. The van der Waals surface area contributed by atoms with Crippen molar-refractivity contribution in [2.75, 3.05) is 7.11 Å². The predicted octanol–water partition coefficient (Wildman–Crippen LogP) is 1.69. The quantitative estimate of drug-likeness (QED) is 0.343. The lowest BCUT2D eigenvalue weighted by molar-refractivity contribution is 0.0363. The molecule has 0 aliphatic carbocycles. The first-order valence-electron chi connectivity index (χ1n) is 10.9. The van der Waals surface area contributed by atoms with Crippen molar-refractivity contribution in [3.05, 3.63) is 101 Å². The van der Waals surface area contributed by atoms with Crippen molar-refractivity contribution >= 4 is 44.3 Å². The molecule has 0 saturated heterocycles. The molecular weight excluding hydrogens is 468 g/mol. The molecule has 0 unspecified atom stereocenters. The van der Waals surface area contributed by atoms with E-state index in [4.69, 9.17) is 9.47 Å². The maximum Gasteiger partial charge on any atom is 0.339 e. The fraction of sp³-hybridized carbons (Fsp3) is 0.154. The van der Waals surface area contributed by atoms with Crippen molar-refractivity contribution in [3.8, 4) is 0 Å². The third-order valence-corrected chi connectivity index (χ3v) is 6.20. The standard InChI is InChI=1S/C26H18N2O8/c1-3-27-21(29)17-10-19-20(11-18(17)22(27)30)24(32)28(23(19)31)12-36-26(34)16-7-5-13-8-15(25(33)35-2)6-4-14(13)9-16/h4-11H,3,12H2,1-2H3. The summed E-state index contributed by atoms with van der Waals surface area (Å²) in [6.07, 6.45) is 0. The van der Waals surface area contributed by atoms with Crippen LogP contribution in [0.5, 0.6) is 0 Å². The number of nitrogens with zero attached hydrogens (tertiary/aromatic N) is 2. The summed E-state index contributed by atoms with van der Waals surface area (Å²) in [6.45, 7) is 1.18. The highest BCUT2D eigenvalue weighted by Gasteiger charge is 2.20. The molecule has 0 aliphatic heterocycles. The van der Waals surface area contributed by atoms with E-state index in [9.17, 15) is 28.8 Å². The fourth-order valence-corrected chi connectivity index (χ4v) is 4.30. The molecule has 0 aliphatic rings. The molecule has 180 valence electrons. The van der Waals surface area contributed by atoms with Gasteiger partial charge >= 0.3 is 11.9 Å². The van der Waals surface area contributed by atoms with Crippen molar-refractivity contribution in [2.45, 2.75) is 20.2 Å². The second kappa shape index (κ2) is 8.42. The normalized spacial score (nSPS) is 11.4. The maximum atomic E-state index is 12.8. The Morgan fingerprint density at radius 1 is 0.667 bits per heavy atom. The van der Waals surface area contributed by atoms with Crippen molar-refractivity contribution in [1.29, 1.82) is 0 Å². The van der Waals surface area contributed by atoms with Gasteiger partial charge in [0.1, 0.15) is 0 Å². The highest BCUT2D eigenvalue weighted by molar-refractivity contribution is 5.99. The highest BCUT2D eigenvalue weighted by Crippen LogP contribution is 2.19. The second-order valence-corrected chi connectivity index (χ2v) is 8.17. The lowest BCUT2D eigenvalue weighted by atomic mass is 10.0. The molecule has 0 amide bonds. The molecule has 10 heteroatoms. The summed E-state index contributed by atoms with van der Waals surface area (Å²) in [6, 6.07) is 12.0. The van der Waals surface area contributed by atoms with Crippen LogP contribution in [0.15, 0.2) is 67.7 Å². The lowest BCUT2D eigenvalue weighted by Gasteiger charge is -2.07. The summed E-state index contributed by atoms with van der Waals surface area (Å²) < 4.78 is 11.7. The minimum absolute atomic E-state index is 0.0268. The zero-order valence-electron chi connectivity index (χ0n) is 19.2. The van der Waals surface area contributed by atoms with Gasteiger partial charge in [0.2, 0.25) is 0 Å². The van der Waals surface area contributed by atoms with Crippen molar-refractivity contribution in [2.24, 2.45) is 0 Å². The van der Waals surface area contributed by atoms with Gasteiger partial charge in [-0.15, -0.1) is 0 Å². The Labute approximate surface area is 201 Å². The van der Waals surface area contributed by atoms with Crippen LogP contribution in [-0.2, 0) is 22.7 Å². The number of hydrogen-bond acceptors (Lipinski definition) is 8. The van der Waals surface area contributed by atoms with Gasteiger partial charge in [0, 0.05) is 6.54 Å². The van der Waals surface area contributed by atoms with E-state index in [0.717, 1.165) is 9.13 Å². The molecule has 36 heavy (non-hydrogen) atoms. The van der Waals surface area contributed by atoms with Gasteiger partial charge in [-0.1, -0.05) is 12.1 Å². The second-order valence-electron chi connectivity index (χ2n) is 8.17. The number of hydrogen-bond donors (Lipinski definition) is 0. The van der Waals surface area contributed by atoms with E-state index < -0.39 is 40.9 Å². The molecule has 5 rings (SSSR count). The van der Waals surface area contributed by atoms with Gasteiger partial charge in [0.15, 0.2) is 6.73 Å². The summed E-state index contributed by atoms with van der Waals surface area (Å²) >= 11 is 0. The minimum atomic E-state index is -0.767. The number of rotatable bonds is 5. The number of methoxy groups -OCH3 is 1. The van der Waals surface area contributed by atoms with Gasteiger partial charge in [-0.3, -0.25) is 23.7 Å². The molecule has 0 saturated carbocycles. The Morgan fingerprint density at radius 3 is 1.56 bits per heavy atom. The van der Waals surface area contributed by atoms with Gasteiger partial charge < -0.3 is 9.47 Å². The first kappa shape index (κ1) is 22.9. The predicted molar refractivity (Wildman–Crippen MR) is 131 cm³/mol. The number of benzene rings is 3. The van der Waals surface area contributed by atoms with Crippen LogP contribution in [0.1, 0.15) is 27.6 Å². The molecule has 2 heterocycles. The molecule has 5 aromatic rings. The molecule has 0 N–H and O–H groups in total. The molecule has 0 spiro atoms. The summed E-state index contributed by atoms with van der Waals surface area (Å²) in [4.78, 5) is 74.9. The monoisotopic (exact) mass is 486 g/mol. The third-order valence-electron chi connectivity index (χ3n) is 6.20. The lowest BCUT2D eigenvalue weighted by Crippen LogP contribution is -2.28. The third kappa shape index (κ3) is 3.42. The molecule has 0 bridgehead atoms. The molecule has 2 aromatic heterocycles. The Morgan fingerprint density at radius 2 is 1.11 bits per heavy atom. The molecule has 0 atom stereocenters. The zero-order chi connectivity index (χ0) is 25.7. The Hall–Kier alpha value is -4.86. The van der Waals surface area contributed by atoms with Gasteiger partial charge in [0.25, 0.3) is 22.2 Å². The van der Waals surface area contributed by atoms with Crippen LogP contribution in [0.2, 0.25) is 0 Å². The maximum absolute atomic E-state index is 12.8. The van der Waals surface area contributed by atoms with Crippen LogP contribution in [0.25, 0.3) is 32.3 Å². The SMILES string of the molecule is CCn1c(=O)c2cc3c(=O)n(COC(=O)c4ccc5cc(C(=O)OC)ccc5c4)c(=O)c3cc2c1=O. The van der Waals surface area contributed by atoms with Crippen LogP contribution in [0.3, 0.4) is 0 Å². The van der Waals surface area contributed by atoms with Crippen molar-refractivity contribution < 1.29 is 19.1 Å². The first-order chi connectivity index (χ1) is 17.2. The Balaban J connectivity index is 1.45. The summed E-state index contributed by atoms with van der Waals surface area (Å²) in [7, 11) is 1.28. The average Bonchev–Trinajstić information content (AvgIpc) is 3.28. The van der Waals surface area contributed by atoms with E-state index in [2.05, 4.69) is 0 Å². The summed E-state index contributed by atoms with van der Waals surface area (Å²) in [5.41, 5.74) is -1.97. The van der Waals surface area contributed by atoms with Crippen LogP contribution < -0.4 is 22.2 Å². The van der Waals surface area contributed by atoms with Crippen LogP contribution >= 0.6 is 0 Å². The van der Waals surface area contributed by atoms with E-state index in [0.29, 0.717) is 16.3 Å². The van der Waals surface area contributed by atoms with E-state index in [-0.39, 0.29) is 33.7 Å². The molecule has 0 radical (unpaired) electrons. The van der Waals surface area contributed by atoms with E-state index >= 15 is 0 Å². The van der Waals surface area contributed by atoms with Crippen LogP contribution in [-0.4, -0.2) is 28.2 Å². The average molecular weight is 486 g/mol. The number of carbonyl (C=O) groups excluding carboxylic acids is 2. The van der Waals surface area contributed by atoms with Crippen LogP contribution in [0, 0.1) is 0 Å². The topological polar surface area (TPSA) is 131 Å². The number of esters is 2. The molecule has 0 fully saturated rings. The smallest absolute Gasteiger partial charge is 0.339 e. The number of ether oxygens (including phenoxy) is 2. The number of fused-ring (bicyclic) bond motifs is 3. The van der Waals surface area contributed by atoms with Gasteiger partial charge in [-0.05, 0) is 54.1 Å². The molecular formula is C26H18N2O8. The number of aromatic nitrogens is 2. The van der Waals surface area contributed by atoms with Gasteiger partial charge in [0.05, 0.1) is 39.8 Å². The molecule has 3 aromatic carbocycles. The summed E-state index contributed by atoms with van der Waals surface area (Å²) in [5.74, 6) is -1.25. The van der Waals surface area contributed by atoms with E-state index in [1.165, 1.54) is 25.3 Å². The number of carbonyl (C=O) groups is 2. The minimum Gasteiger partial charge on any atom is -0.465 e. The Bertz CT molecular complexity index is 1860. The summed E-state index contributed by atoms with van der Waals surface area (Å²) in [5, 5.41) is 1.44. The van der Waals surface area contributed by atoms with E-state index in [1.54, 1.807) is 37.3 Å². The molecule has 10 nitrogen and oxygen atoms in total. The Kier molecular flexibility index (Phi) is 5.36. The van der Waals surface area contributed by atoms with Gasteiger partial charge in [-0.2, -0.15) is 0 Å².